The Balaban J connectivity index is 1.56. The van der Waals surface area contributed by atoms with E-state index in [0.29, 0.717) is 12.0 Å². The number of ether oxygens (including phenoxy) is 4. The van der Waals surface area contributed by atoms with E-state index in [1.54, 1.807) is 30.3 Å². The van der Waals surface area contributed by atoms with E-state index in [1.165, 1.54) is 25.3 Å². The van der Waals surface area contributed by atoms with Crippen LogP contribution in [0.4, 0.5) is 0 Å². The predicted octanol–water partition coefficient (Wildman–Crippen LogP) is 0.730. The molecule has 5 N–H and O–H groups in total. The molecule has 10 nitrogen and oxygen atoms in total. The van der Waals surface area contributed by atoms with Gasteiger partial charge in [0.1, 0.15) is 24.1 Å². The lowest BCUT2D eigenvalue weighted by molar-refractivity contribution is -0.302. The third-order valence-electron chi connectivity index (χ3n) is 5.30. The summed E-state index contributed by atoms with van der Waals surface area (Å²) in [5.74, 6) is -0.518. The van der Waals surface area contributed by atoms with Gasteiger partial charge in [0.15, 0.2) is 23.9 Å². The molecule has 0 amide bonds. The van der Waals surface area contributed by atoms with Gasteiger partial charge in [0.05, 0.1) is 20.3 Å². The van der Waals surface area contributed by atoms with Gasteiger partial charge in [-0.25, -0.2) is 4.79 Å². The van der Waals surface area contributed by atoms with Crippen molar-refractivity contribution in [2.24, 2.45) is 0 Å². The number of aliphatic hydroxyl groups is 3. The maximum Gasteiger partial charge on any atom is 0.331 e. The van der Waals surface area contributed by atoms with Crippen molar-refractivity contribution in [2.75, 3.05) is 20.3 Å². The maximum absolute atomic E-state index is 12.3. The number of carbonyl (C=O) groups is 1. The SMILES string of the molecule is COc1cc(/C=C/C(=O)O[C@@H]2C(CO)O[C@@H](OCCc3ccc(O)cc3)C(O)C2O)ccc1O. The Hall–Kier alpha value is -3.15. The number of benzene rings is 2. The Labute approximate surface area is 196 Å². The Bertz CT molecular complexity index is 972. The average Bonchev–Trinajstić information content (AvgIpc) is 2.84. The summed E-state index contributed by atoms with van der Waals surface area (Å²) in [5, 5.41) is 49.5. The standard InChI is InChI=1S/C24H28O10/c1-31-18-12-15(4-8-17(18)27)5-9-20(28)34-23-19(13-25)33-24(22(30)21(23)29)32-11-10-14-2-6-16(26)7-3-14/h2-9,12,19,21-27,29-30H,10-11,13H2,1H3/b9-5+/t19?,21?,22?,23-,24-/m1/s1. The van der Waals surface area contributed by atoms with Gasteiger partial charge in [-0.15, -0.1) is 0 Å². The van der Waals surface area contributed by atoms with Crippen molar-refractivity contribution < 1.29 is 49.3 Å². The normalized spacial score (nSPS) is 24.8. The van der Waals surface area contributed by atoms with Crippen molar-refractivity contribution >= 4 is 12.0 Å². The molecular formula is C24H28O10. The van der Waals surface area contributed by atoms with Crippen molar-refractivity contribution in [1.82, 2.24) is 0 Å². The van der Waals surface area contributed by atoms with E-state index < -0.39 is 43.3 Å². The van der Waals surface area contributed by atoms with Gasteiger partial charge in [-0.2, -0.15) is 0 Å². The molecule has 3 unspecified atom stereocenters. The van der Waals surface area contributed by atoms with Crippen LogP contribution in [0.2, 0.25) is 0 Å². The summed E-state index contributed by atoms with van der Waals surface area (Å²) in [7, 11) is 1.39. The number of esters is 1. The van der Waals surface area contributed by atoms with E-state index in [9.17, 15) is 30.3 Å². The molecule has 2 aromatic rings. The smallest absolute Gasteiger partial charge is 0.331 e. The lowest BCUT2D eigenvalue weighted by atomic mass is 9.99. The van der Waals surface area contributed by atoms with Gasteiger partial charge >= 0.3 is 5.97 Å². The first-order chi connectivity index (χ1) is 16.3. The molecule has 34 heavy (non-hydrogen) atoms. The van der Waals surface area contributed by atoms with Crippen LogP contribution in [0.3, 0.4) is 0 Å². The fourth-order valence-corrected chi connectivity index (χ4v) is 3.43. The molecule has 1 saturated heterocycles. The first-order valence-corrected chi connectivity index (χ1v) is 10.6. The number of phenols is 2. The van der Waals surface area contributed by atoms with Crippen molar-refractivity contribution in [3.63, 3.8) is 0 Å². The second-order valence-electron chi connectivity index (χ2n) is 7.66. The Kier molecular flexibility index (Phi) is 8.85. The zero-order valence-corrected chi connectivity index (χ0v) is 18.5. The molecule has 0 radical (unpaired) electrons. The molecule has 0 aromatic heterocycles. The quantitative estimate of drug-likeness (QED) is 0.258. The van der Waals surface area contributed by atoms with Crippen molar-refractivity contribution in [3.8, 4) is 17.2 Å². The third kappa shape index (κ3) is 6.46. The van der Waals surface area contributed by atoms with Gasteiger partial charge in [0.2, 0.25) is 0 Å². The van der Waals surface area contributed by atoms with E-state index >= 15 is 0 Å². The number of hydrogen-bond acceptors (Lipinski definition) is 10. The van der Waals surface area contributed by atoms with Crippen LogP contribution in [0, 0.1) is 0 Å². The minimum absolute atomic E-state index is 0.0516. The second kappa shape index (κ2) is 11.8. The Morgan fingerprint density at radius 3 is 2.50 bits per heavy atom. The molecule has 0 bridgehead atoms. The number of methoxy groups -OCH3 is 1. The fraction of sp³-hybridized carbons (Fsp3) is 0.375. The minimum atomic E-state index is -1.56. The number of aromatic hydroxyl groups is 2. The third-order valence-corrected chi connectivity index (χ3v) is 5.30. The predicted molar refractivity (Wildman–Crippen MR) is 119 cm³/mol. The van der Waals surface area contributed by atoms with Crippen LogP contribution in [0.1, 0.15) is 11.1 Å². The van der Waals surface area contributed by atoms with E-state index in [0.717, 1.165) is 11.6 Å². The van der Waals surface area contributed by atoms with E-state index in [2.05, 4.69) is 0 Å². The maximum atomic E-state index is 12.3. The van der Waals surface area contributed by atoms with E-state index in [4.69, 9.17) is 18.9 Å². The summed E-state index contributed by atoms with van der Waals surface area (Å²) in [6.07, 6.45) is -3.80. The molecule has 0 saturated carbocycles. The molecule has 5 atom stereocenters. The number of carbonyl (C=O) groups excluding carboxylic acids is 1. The molecular weight excluding hydrogens is 448 g/mol. The highest BCUT2D eigenvalue weighted by atomic mass is 16.7. The van der Waals surface area contributed by atoms with Gasteiger partial charge in [-0.05, 0) is 47.9 Å². The summed E-state index contributed by atoms with van der Waals surface area (Å²) in [5.41, 5.74) is 1.43. The molecule has 1 heterocycles. The van der Waals surface area contributed by atoms with Gasteiger partial charge in [-0.1, -0.05) is 18.2 Å². The van der Waals surface area contributed by atoms with Crippen LogP contribution in [0.25, 0.3) is 6.08 Å². The van der Waals surface area contributed by atoms with Crippen LogP contribution in [-0.2, 0) is 25.4 Å². The highest BCUT2D eigenvalue weighted by Crippen LogP contribution is 2.27. The lowest BCUT2D eigenvalue weighted by Crippen LogP contribution is -2.60. The summed E-state index contributed by atoms with van der Waals surface area (Å²) in [4.78, 5) is 12.3. The van der Waals surface area contributed by atoms with Gasteiger partial charge in [0, 0.05) is 6.08 Å². The number of phenolic OH excluding ortho intramolecular Hbond substituents is 2. The largest absolute Gasteiger partial charge is 0.508 e. The molecule has 0 aliphatic carbocycles. The van der Waals surface area contributed by atoms with Crippen LogP contribution < -0.4 is 4.74 Å². The fourth-order valence-electron chi connectivity index (χ4n) is 3.43. The van der Waals surface area contributed by atoms with Gasteiger partial charge in [0.25, 0.3) is 0 Å². The van der Waals surface area contributed by atoms with Crippen molar-refractivity contribution in [2.45, 2.75) is 37.1 Å². The molecule has 10 heteroatoms. The van der Waals surface area contributed by atoms with Gasteiger partial charge < -0.3 is 44.5 Å². The zero-order chi connectivity index (χ0) is 24.7. The summed E-state index contributed by atoms with van der Waals surface area (Å²) in [6, 6.07) is 11.0. The lowest BCUT2D eigenvalue weighted by Gasteiger charge is -2.41. The molecule has 1 fully saturated rings. The summed E-state index contributed by atoms with van der Waals surface area (Å²) < 4.78 is 21.3. The zero-order valence-electron chi connectivity index (χ0n) is 18.5. The van der Waals surface area contributed by atoms with Crippen LogP contribution in [0.5, 0.6) is 17.2 Å². The summed E-state index contributed by atoms with van der Waals surface area (Å²) in [6.45, 7) is -0.445. The Morgan fingerprint density at radius 1 is 1.09 bits per heavy atom. The van der Waals surface area contributed by atoms with Gasteiger partial charge in [-0.3, -0.25) is 0 Å². The highest BCUT2D eigenvalue weighted by Gasteiger charge is 2.46. The van der Waals surface area contributed by atoms with Crippen LogP contribution >= 0.6 is 0 Å². The molecule has 0 spiro atoms. The topological polar surface area (TPSA) is 155 Å². The van der Waals surface area contributed by atoms with Crippen molar-refractivity contribution in [1.29, 1.82) is 0 Å². The monoisotopic (exact) mass is 476 g/mol. The molecule has 2 aromatic carbocycles. The molecule has 1 aliphatic heterocycles. The van der Waals surface area contributed by atoms with Crippen LogP contribution in [0.15, 0.2) is 48.5 Å². The number of rotatable bonds is 9. The summed E-state index contributed by atoms with van der Waals surface area (Å²) >= 11 is 0. The second-order valence-corrected chi connectivity index (χ2v) is 7.66. The van der Waals surface area contributed by atoms with E-state index in [1.807, 2.05) is 0 Å². The molecule has 3 rings (SSSR count). The Morgan fingerprint density at radius 2 is 1.82 bits per heavy atom. The highest BCUT2D eigenvalue weighted by molar-refractivity contribution is 5.87. The molecule has 1 aliphatic rings. The number of hydrogen-bond donors (Lipinski definition) is 5. The number of aliphatic hydroxyl groups excluding tert-OH is 3. The van der Waals surface area contributed by atoms with Crippen LogP contribution in [-0.4, -0.2) is 82.5 Å². The van der Waals surface area contributed by atoms with E-state index in [-0.39, 0.29) is 23.9 Å². The van der Waals surface area contributed by atoms with Crippen molar-refractivity contribution in [3.05, 3.63) is 59.7 Å². The average molecular weight is 476 g/mol. The molecule has 184 valence electrons. The first kappa shape index (κ1) is 25.5. The first-order valence-electron chi connectivity index (χ1n) is 10.6. The minimum Gasteiger partial charge on any atom is -0.508 e.